The topological polar surface area (TPSA) is 4.93 Å². The van der Waals surface area contributed by atoms with Gasteiger partial charge in [-0.2, -0.15) is 0 Å². The first-order valence-electron chi connectivity index (χ1n) is 16.5. The summed E-state index contributed by atoms with van der Waals surface area (Å²) in [7, 11) is 0. The molecule has 0 saturated carbocycles. The smallest absolute Gasteiger partial charge is 0.0719 e. The molecule has 0 N–H and O–H groups in total. The maximum absolute atomic E-state index is 2.45. The van der Waals surface area contributed by atoms with E-state index in [4.69, 9.17) is 0 Å². The first-order chi connectivity index (χ1) is 23.8. The maximum Gasteiger partial charge on any atom is 0.0719 e. The molecule has 0 spiro atoms. The second-order valence-electron chi connectivity index (χ2n) is 12.9. The van der Waals surface area contributed by atoms with Crippen LogP contribution < -0.4 is 0 Å². The van der Waals surface area contributed by atoms with E-state index in [9.17, 15) is 0 Å². The highest BCUT2D eigenvalue weighted by molar-refractivity contribution is 7.26. The van der Waals surface area contributed by atoms with E-state index in [1.807, 2.05) is 11.3 Å². The fourth-order valence-corrected chi connectivity index (χ4v) is 9.44. The summed E-state index contributed by atoms with van der Waals surface area (Å²) >= 11 is 1.91. The molecule has 222 valence electrons. The highest BCUT2D eigenvalue weighted by Crippen LogP contribution is 2.46. The number of nitrogens with zero attached hydrogens (tertiary/aromatic N) is 1. The lowest BCUT2D eigenvalue weighted by Gasteiger charge is -2.16. The van der Waals surface area contributed by atoms with Crippen molar-refractivity contribution in [2.24, 2.45) is 0 Å². The number of thiophene rings is 1. The molecule has 0 atom stereocenters. The van der Waals surface area contributed by atoms with Gasteiger partial charge >= 0.3 is 0 Å². The van der Waals surface area contributed by atoms with E-state index in [1.165, 1.54) is 102 Å². The number of para-hydroxylation sites is 2. The zero-order valence-electron chi connectivity index (χ0n) is 25.9. The zero-order chi connectivity index (χ0) is 31.3. The summed E-state index contributed by atoms with van der Waals surface area (Å²) in [5.74, 6) is 0. The summed E-state index contributed by atoms with van der Waals surface area (Å²) in [5, 5.41) is 13.1. The minimum atomic E-state index is 1.19. The zero-order valence-corrected chi connectivity index (χ0v) is 26.8. The highest BCUT2D eigenvalue weighted by atomic mass is 32.1. The van der Waals surface area contributed by atoms with Crippen molar-refractivity contribution in [3.8, 4) is 27.9 Å². The van der Waals surface area contributed by atoms with E-state index in [0.717, 1.165) is 0 Å². The van der Waals surface area contributed by atoms with Crippen LogP contribution in [-0.4, -0.2) is 4.57 Å². The Balaban J connectivity index is 1.17. The molecule has 1 nitrogen and oxygen atoms in total. The van der Waals surface area contributed by atoms with Crippen LogP contribution in [0.1, 0.15) is 0 Å². The van der Waals surface area contributed by atoms with Gasteiger partial charge in [-0.1, -0.05) is 133 Å². The molecule has 0 aliphatic rings. The van der Waals surface area contributed by atoms with Gasteiger partial charge in [0.1, 0.15) is 0 Å². The Kier molecular flexibility index (Phi) is 5.32. The average molecular weight is 626 g/mol. The SMILES string of the molecule is c1ccc(-c2ccc3ccc4c(-c5ccc6sc7c(ccc8c9ccccc9n(-c9ccccc9)c87)c6c5)ccc5ccc2c3c54)cc1. The molecule has 0 aliphatic heterocycles. The van der Waals surface area contributed by atoms with Gasteiger partial charge in [0, 0.05) is 31.9 Å². The van der Waals surface area contributed by atoms with E-state index in [2.05, 4.69) is 168 Å². The Morgan fingerprint density at radius 2 is 1.00 bits per heavy atom. The predicted octanol–water partition coefficient (Wildman–Crippen LogP) is 13.4. The van der Waals surface area contributed by atoms with Gasteiger partial charge in [-0.3, -0.25) is 0 Å². The van der Waals surface area contributed by atoms with Gasteiger partial charge < -0.3 is 4.57 Å². The summed E-state index contributed by atoms with van der Waals surface area (Å²) in [6.45, 7) is 0. The third-order valence-corrected chi connectivity index (χ3v) is 11.5. The van der Waals surface area contributed by atoms with Crippen LogP contribution in [0.4, 0.5) is 0 Å². The lowest BCUT2D eigenvalue weighted by atomic mass is 9.87. The third kappa shape index (κ3) is 3.55. The van der Waals surface area contributed by atoms with Crippen LogP contribution in [0.5, 0.6) is 0 Å². The second kappa shape index (κ2) is 9.78. The summed E-state index contributed by atoms with van der Waals surface area (Å²) < 4.78 is 5.10. The molecule has 0 amide bonds. The summed E-state index contributed by atoms with van der Waals surface area (Å²) in [6, 6.07) is 60.6. The van der Waals surface area contributed by atoms with E-state index in [0.29, 0.717) is 0 Å². The average Bonchev–Trinajstić information content (AvgIpc) is 3.70. The molecule has 48 heavy (non-hydrogen) atoms. The van der Waals surface area contributed by atoms with E-state index in [1.54, 1.807) is 0 Å². The first-order valence-corrected chi connectivity index (χ1v) is 17.3. The van der Waals surface area contributed by atoms with Gasteiger partial charge in [0.2, 0.25) is 0 Å². The van der Waals surface area contributed by atoms with Gasteiger partial charge in [0.05, 0.1) is 15.7 Å². The molecular weight excluding hydrogens is 599 g/mol. The molecule has 0 unspecified atom stereocenters. The molecule has 0 saturated heterocycles. The molecule has 0 radical (unpaired) electrons. The molecule has 2 heterocycles. The van der Waals surface area contributed by atoms with Gasteiger partial charge in [-0.05, 0) is 84.9 Å². The van der Waals surface area contributed by atoms with Crippen LogP contribution in [0.15, 0.2) is 164 Å². The fourth-order valence-electron chi connectivity index (χ4n) is 8.22. The van der Waals surface area contributed by atoms with Crippen LogP contribution in [0.25, 0.3) is 102 Å². The number of benzene rings is 9. The fraction of sp³-hybridized carbons (Fsp3) is 0. The monoisotopic (exact) mass is 625 g/mol. The highest BCUT2D eigenvalue weighted by Gasteiger charge is 2.19. The van der Waals surface area contributed by atoms with Crippen molar-refractivity contribution in [1.82, 2.24) is 4.57 Å². The third-order valence-electron chi connectivity index (χ3n) is 10.3. The van der Waals surface area contributed by atoms with Crippen molar-refractivity contribution in [2.75, 3.05) is 0 Å². The minimum absolute atomic E-state index is 1.19. The van der Waals surface area contributed by atoms with Crippen LogP contribution in [0.3, 0.4) is 0 Å². The van der Waals surface area contributed by atoms with Crippen LogP contribution in [0.2, 0.25) is 0 Å². The summed E-state index contributed by atoms with van der Waals surface area (Å²) in [5.41, 5.74) is 8.81. The molecule has 9 aromatic carbocycles. The van der Waals surface area contributed by atoms with E-state index in [-0.39, 0.29) is 0 Å². The number of aromatic nitrogens is 1. The molecule has 11 aromatic rings. The largest absolute Gasteiger partial charge is 0.308 e. The first kappa shape index (κ1) is 26.1. The van der Waals surface area contributed by atoms with Gasteiger partial charge in [-0.25, -0.2) is 0 Å². The number of hydrogen-bond acceptors (Lipinski definition) is 1. The minimum Gasteiger partial charge on any atom is -0.308 e. The van der Waals surface area contributed by atoms with Crippen molar-refractivity contribution in [2.45, 2.75) is 0 Å². The quantitative estimate of drug-likeness (QED) is 0.172. The van der Waals surface area contributed by atoms with Gasteiger partial charge in [-0.15, -0.1) is 11.3 Å². The van der Waals surface area contributed by atoms with Gasteiger partial charge in [0.15, 0.2) is 0 Å². The second-order valence-corrected chi connectivity index (χ2v) is 13.9. The van der Waals surface area contributed by atoms with Crippen molar-refractivity contribution in [3.05, 3.63) is 164 Å². The Labute approximate surface area is 280 Å². The molecule has 11 rings (SSSR count). The Bertz CT molecular complexity index is 3040. The van der Waals surface area contributed by atoms with E-state index < -0.39 is 0 Å². The Morgan fingerprint density at radius 3 is 1.75 bits per heavy atom. The Morgan fingerprint density at radius 1 is 0.396 bits per heavy atom. The van der Waals surface area contributed by atoms with Crippen molar-refractivity contribution < 1.29 is 0 Å². The van der Waals surface area contributed by atoms with Crippen LogP contribution >= 0.6 is 11.3 Å². The summed E-state index contributed by atoms with van der Waals surface area (Å²) in [4.78, 5) is 0. The number of hydrogen-bond donors (Lipinski definition) is 0. The predicted molar refractivity (Wildman–Crippen MR) is 208 cm³/mol. The summed E-state index contributed by atoms with van der Waals surface area (Å²) in [6.07, 6.45) is 0. The van der Waals surface area contributed by atoms with Crippen LogP contribution in [0, 0.1) is 0 Å². The lowest BCUT2D eigenvalue weighted by Crippen LogP contribution is -1.92. The normalized spacial score (nSPS) is 12.2. The molecule has 0 bridgehead atoms. The number of rotatable bonds is 3. The molecular formula is C46H27NS. The lowest BCUT2D eigenvalue weighted by molar-refractivity contribution is 1.19. The number of fused-ring (bicyclic) bond motifs is 7. The molecule has 2 aromatic heterocycles. The molecule has 2 heteroatoms. The molecule has 0 aliphatic carbocycles. The van der Waals surface area contributed by atoms with Crippen molar-refractivity contribution >= 4 is 85.6 Å². The Hall–Kier alpha value is -5.96. The van der Waals surface area contributed by atoms with Gasteiger partial charge in [0.25, 0.3) is 0 Å². The van der Waals surface area contributed by atoms with Crippen molar-refractivity contribution in [1.29, 1.82) is 0 Å². The molecule has 0 fully saturated rings. The maximum atomic E-state index is 2.45. The van der Waals surface area contributed by atoms with Crippen LogP contribution in [-0.2, 0) is 0 Å². The standard InChI is InChI=1S/C46H27NS/c1-3-9-28(10-4-1)33-20-15-29-18-23-37-34(21-16-30-17-22-36(33)43(29)44(30)37)31-19-26-42-40(27-31)39-25-24-38-35-13-7-8-14-41(35)47(45(38)46(39)48-42)32-11-5-2-6-12-32/h1-27H. The van der Waals surface area contributed by atoms with Crippen molar-refractivity contribution in [3.63, 3.8) is 0 Å². The van der Waals surface area contributed by atoms with E-state index >= 15 is 0 Å².